The Labute approximate surface area is 235 Å². The summed E-state index contributed by atoms with van der Waals surface area (Å²) >= 11 is 0. The minimum absolute atomic E-state index is 0.0664. The molecule has 0 bridgehead atoms. The lowest BCUT2D eigenvalue weighted by Gasteiger charge is -2.40. The topological polar surface area (TPSA) is 95.1 Å². The Morgan fingerprint density at radius 1 is 1.12 bits per heavy atom. The van der Waals surface area contributed by atoms with Crippen molar-refractivity contribution in [1.29, 1.82) is 5.41 Å². The fourth-order valence-corrected chi connectivity index (χ4v) is 4.91. The Balaban J connectivity index is 1.40. The van der Waals surface area contributed by atoms with Gasteiger partial charge in [0.25, 0.3) is 0 Å². The predicted octanol–water partition coefficient (Wildman–Crippen LogP) is 4.66. The van der Waals surface area contributed by atoms with Crippen LogP contribution in [0.2, 0.25) is 0 Å². The molecule has 0 unspecified atom stereocenters. The van der Waals surface area contributed by atoms with Crippen molar-refractivity contribution in [2.75, 3.05) is 51.0 Å². The van der Waals surface area contributed by atoms with Gasteiger partial charge < -0.3 is 30.4 Å². The fraction of sp³-hybridized carbons (Fsp3) is 0.267. The molecule has 2 heterocycles. The maximum absolute atomic E-state index is 15.4. The second kappa shape index (κ2) is 11.5. The summed E-state index contributed by atoms with van der Waals surface area (Å²) in [5, 5.41) is 7.80. The number of rotatable bonds is 8. The first kappa shape index (κ1) is 28.0. The molecule has 0 aliphatic carbocycles. The van der Waals surface area contributed by atoms with Crippen molar-refractivity contribution in [3.05, 3.63) is 89.3 Å². The summed E-state index contributed by atoms with van der Waals surface area (Å²) in [6.45, 7) is 1.50. The lowest BCUT2D eigenvalue weighted by Crippen LogP contribution is -2.53. The van der Waals surface area contributed by atoms with Crippen molar-refractivity contribution in [2.45, 2.75) is 12.1 Å². The summed E-state index contributed by atoms with van der Waals surface area (Å²) in [5.41, 5.74) is 8.04. The number of carbonyl (C=O) groups is 1. The maximum atomic E-state index is 15.4. The van der Waals surface area contributed by atoms with Crippen LogP contribution in [-0.4, -0.2) is 68.4 Å². The Kier molecular flexibility index (Phi) is 7.89. The molecule has 1 amide bonds. The number of nitrogens with two attached hydrogens (primary N) is 1. The molecule has 11 heteroatoms. The van der Waals surface area contributed by atoms with Crippen molar-refractivity contribution < 1.29 is 27.4 Å². The zero-order chi connectivity index (χ0) is 29.3. The van der Waals surface area contributed by atoms with E-state index in [4.69, 9.17) is 20.6 Å². The highest BCUT2D eigenvalue weighted by Crippen LogP contribution is 2.47. The van der Waals surface area contributed by atoms with Crippen LogP contribution >= 0.6 is 0 Å². The number of anilines is 3. The van der Waals surface area contributed by atoms with Gasteiger partial charge in [0.1, 0.15) is 18.5 Å². The van der Waals surface area contributed by atoms with E-state index < -0.39 is 35.3 Å². The summed E-state index contributed by atoms with van der Waals surface area (Å²) in [5.74, 6) is -2.43. The number of likely N-dealkylation sites (N-methyl/N-ethyl adjacent to an activating group) is 1. The molecule has 0 saturated carbocycles. The van der Waals surface area contributed by atoms with Gasteiger partial charge in [-0.2, -0.15) is 0 Å². The van der Waals surface area contributed by atoms with Gasteiger partial charge in [-0.3, -0.25) is 9.69 Å². The van der Waals surface area contributed by atoms with Crippen LogP contribution in [0.1, 0.15) is 17.2 Å². The molecule has 8 nitrogen and oxygen atoms in total. The van der Waals surface area contributed by atoms with Crippen molar-refractivity contribution >= 4 is 29.2 Å². The number of benzene rings is 3. The normalized spacial score (nSPS) is 17.1. The minimum Gasteiger partial charge on any atom is -0.488 e. The zero-order valence-electron chi connectivity index (χ0n) is 22.6. The molecule has 0 radical (unpaired) electrons. The number of nitrogens with one attached hydrogen (secondary N) is 1. The van der Waals surface area contributed by atoms with Crippen molar-refractivity contribution in [3.8, 4) is 11.5 Å². The largest absolute Gasteiger partial charge is 0.488 e. The third kappa shape index (κ3) is 5.71. The summed E-state index contributed by atoms with van der Waals surface area (Å²) in [6.07, 6.45) is 3.88. The van der Waals surface area contributed by atoms with Gasteiger partial charge in [0.05, 0.1) is 17.3 Å². The highest BCUT2D eigenvalue weighted by molar-refractivity contribution is 5.94. The highest BCUT2D eigenvalue weighted by Gasteiger charge is 2.34. The Hall–Kier alpha value is -4.51. The van der Waals surface area contributed by atoms with Crippen molar-refractivity contribution in [1.82, 2.24) is 9.80 Å². The predicted molar refractivity (Wildman–Crippen MR) is 151 cm³/mol. The molecule has 0 spiro atoms. The van der Waals surface area contributed by atoms with E-state index in [2.05, 4.69) is 0 Å². The second-order valence-electron chi connectivity index (χ2n) is 10.1. The molecule has 0 aromatic heterocycles. The van der Waals surface area contributed by atoms with Crippen LogP contribution in [0, 0.1) is 22.9 Å². The van der Waals surface area contributed by atoms with Gasteiger partial charge in [0.15, 0.2) is 23.1 Å². The third-order valence-corrected chi connectivity index (χ3v) is 7.10. The van der Waals surface area contributed by atoms with Crippen molar-refractivity contribution in [2.24, 2.45) is 0 Å². The van der Waals surface area contributed by atoms with E-state index in [9.17, 15) is 9.18 Å². The molecule has 1 saturated heterocycles. The number of hydrogen-bond donors (Lipinski definition) is 2. The molecular formula is C30H30F3N5O3. The molecule has 1 atom stereocenters. The standard InChI is InChI=1S/C30H30F3N5O3/c1-36(2)28(39)4-3-11-37-15-21(16-37)41-30-23(32)12-20(13-24(30)33)38-26-10-9-25(35)22(14-34)29(26)40-17-27(38)18-5-7-19(31)8-6-18/h3-10,12-14,21,27,34H,11,15-17,35H2,1-2H3/b4-3+,34-14?/t27-/m0/s1. The minimum atomic E-state index is -0.872. The van der Waals surface area contributed by atoms with E-state index in [-0.39, 0.29) is 18.2 Å². The molecule has 214 valence electrons. The molecule has 3 aromatic rings. The first-order valence-corrected chi connectivity index (χ1v) is 13.0. The van der Waals surface area contributed by atoms with Gasteiger partial charge in [-0.25, -0.2) is 13.2 Å². The van der Waals surface area contributed by atoms with Gasteiger partial charge in [-0.1, -0.05) is 18.2 Å². The van der Waals surface area contributed by atoms with E-state index in [0.717, 1.165) is 6.21 Å². The summed E-state index contributed by atoms with van der Waals surface area (Å²) in [7, 11) is 3.33. The molecule has 3 N–H and O–H groups in total. The molecule has 1 fully saturated rings. The average Bonchev–Trinajstić information content (AvgIpc) is 2.92. The zero-order valence-corrected chi connectivity index (χ0v) is 22.6. The molecule has 3 aromatic carbocycles. The summed E-state index contributed by atoms with van der Waals surface area (Å²) < 4.78 is 56.2. The van der Waals surface area contributed by atoms with E-state index in [0.29, 0.717) is 47.9 Å². The van der Waals surface area contributed by atoms with Gasteiger partial charge in [0.2, 0.25) is 5.91 Å². The number of amides is 1. The number of fused-ring (bicyclic) bond motifs is 1. The van der Waals surface area contributed by atoms with Crippen LogP contribution in [0.15, 0.2) is 60.7 Å². The molecule has 5 rings (SSSR count). The van der Waals surface area contributed by atoms with Gasteiger partial charge in [0, 0.05) is 69.5 Å². The SMILES string of the molecule is CN(C)C(=O)/C=C/CN1CC(Oc2c(F)cc(N3c4ccc(N)c(C=N)c4OC[C@H]3c3ccc(F)cc3)cc2F)C1. The van der Waals surface area contributed by atoms with Crippen LogP contribution in [-0.2, 0) is 4.79 Å². The van der Waals surface area contributed by atoms with E-state index >= 15 is 8.78 Å². The van der Waals surface area contributed by atoms with E-state index in [1.807, 2.05) is 4.90 Å². The Morgan fingerprint density at radius 2 is 1.80 bits per heavy atom. The third-order valence-electron chi connectivity index (χ3n) is 7.10. The monoisotopic (exact) mass is 565 g/mol. The maximum Gasteiger partial charge on any atom is 0.245 e. The number of halogens is 3. The Bertz CT molecular complexity index is 1470. The van der Waals surface area contributed by atoms with E-state index in [1.165, 1.54) is 35.2 Å². The van der Waals surface area contributed by atoms with Gasteiger partial charge in [-0.15, -0.1) is 0 Å². The van der Waals surface area contributed by atoms with E-state index in [1.54, 1.807) is 49.3 Å². The summed E-state index contributed by atoms with van der Waals surface area (Å²) in [6, 6.07) is 10.9. The number of hydrogen-bond acceptors (Lipinski definition) is 7. The summed E-state index contributed by atoms with van der Waals surface area (Å²) in [4.78, 5) is 16.8. The molecule has 2 aliphatic rings. The van der Waals surface area contributed by atoms with Crippen molar-refractivity contribution in [3.63, 3.8) is 0 Å². The smallest absolute Gasteiger partial charge is 0.245 e. The van der Waals surface area contributed by atoms with Crippen LogP contribution < -0.4 is 20.1 Å². The second-order valence-corrected chi connectivity index (χ2v) is 10.1. The van der Waals surface area contributed by atoms with Crippen LogP contribution in [0.5, 0.6) is 11.5 Å². The van der Waals surface area contributed by atoms with Crippen LogP contribution in [0.25, 0.3) is 0 Å². The quantitative estimate of drug-likeness (QED) is 0.234. The molecule has 2 aliphatic heterocycles. The fourth-order valence-electron chi connectivity index (χ4n) is 4.91. The lowest BCUT2D eigenvalue weighted by atomic mass is 10.00. The van der Waals surface area contributed by atoms with Gasteiger partial charge in [-0.05, 0) is 29.8 Å². The number of nitrogen functional groups attached to an aromatic ring is 1. The first-order chi connectivity index (χ1) is 19.7. The van der Waals surface area contributed by atoms with Crippen LogP contribution in [0.4, 0.5) is 30.2 Å². The number of carbonyl (C=O) groups excluding carboxylic acids is 1. The average molecular weight is 566 g/mol. The number of likely N-dealkylation sites (tertiary alicyclic amines) is 1. The Morgan fingerprint density at radius 3 is 2.44 bits per heavy atom. The molecular weight excluding hydrogens is 535 g/mol. The number of nitrogens with zero attached hydrogens (tertiary/aromatic N) is 3. The first-order valence-electron chi connectivity index (χ1n) is 13.0. The highest BCUT2D eigenvalue weighted by atomic mass is 19.1. The lowest BCUT2D eigenvalue weighted by molar-refractivity contribution is -0.123. The molecule has 41 heavy (non-hydrogen) atoms. The van der Waals surface area contributed by atoms with Crippen LogP contribution in [0.3, 0.4) is 0 Å². The van der Waals surface area contributed by atoms with Gasteiger partial charge >= 0.3 is 0 Å². The number of ether oxygens (including phenoxy) is 2.